The highest BCUT2D eigenvalue weighted by Crippen LogP contribution is 2.36. The van der Waals surface area contributed by atoms with E-state index in [1.165, 1.54) is 13.3 Å². The number of ether oxygens (including phenoxy) is 3. The van der Waals surface area contributed by atoms with E-state index in [4.69, 9.17) is 14.2 Å². The van der Waals surface area contributed by atoms with Crippen molar-refractivity contribution in [3.63, 3.8) is 0 Å². The summed E-state index contributed by atoms with van der Waals surface area (Å²) in [4.78, 5) is 40.5. The molecule has 246 valence electrons. The summed E-state index contributed by atoms with van der Waals surface area (Å²) in [6.07, 6.45) is 4.17. The molecule has 4 aromatic rings. The molecule has 1 aliphatic carbocycles. The number of benzene rings is 1. The van der Waals surface area contributed by atoms with E-state index >= 15 is 0 Å². The Bertz CT molecular complexity index is 1640. The van der Waals surface area contributed by atoms with Crippen LogP contribution in [0.15, 0.2) is 61.3 Å². The van der Waals surface area contributed by atoms with E-state index in [0.29, 0.717) is 49.3 Å². The molecular weight excluding hydrogens is 619 g/mol. The van der Waals surface area contributed by atoms with Gasteiger partial charge in [-0.15, -0.1) is 0 Å². The molecule has 2 amide bonds. The van der Waals surface area contributed by atoms with E-state index in [0.717, 1.165) is 11.8 Å². The number of methoxy groups -OCH3 is 1. The summed E-state index contributed by atoms with van der Waals surface area (Å²) in [5.41, 5.74) is 1.07. The van der Waals surface area contributed by atoms with Crippen LogP contribution in [-0.4, -0.2) is 74.4 Å². The second kappa shape index (κ2) is 14.1. The first-order chi connectivity index (χ1) is 22.8. The van der Waals surface area contributed by atoms with Gasteiger partial charge in [-0.2, -0.15) is 18.2 Å². The summed E-state index contributed by atoms with van der Waals surface area (Å²) >= 11 is 0. The first-order valence-corrected chi connectivity index (χ1v) is 15.0. The summed E-state index contributed by atoms with van der Waals surface area (Å²) in [5, 5.41) is 6.14. The van der Waals surface area contributed by atoms with E-state index < -0.39 is 23.7 Å². The molecule has 3 aromatic heterocycles. The van der Waals surface area contributed by atoms with Gasteiger partial charge in [0.05, 0.1) is 38.4 Å². The highest BCUT2D eigenvalue weighted by molar-refractivity contribution is 5.91. The summed E-state index contributed by atoms with van der Waals surface area (Å²) in [6.45, 7) is 0.726. The van der Waals surface area contributed by atoms with Crippen LogP contribution in [0.2, 0.25) is 0 Å². The zero-order valence-corrected chi connectivity index (χ0v) is 25.4. The van der Waals surface area contributed by atoms with Gasteiger partial charge in [0.1, 0.15) is 11.7 Å². The Hall–Kier alpha value is -5.12. The number of urea groups is 1. The van der Waals surface area contributed by atoms with Crippen molar-refractivity contribution >= 4 is 17.8 Å². The zero-order valence-electron chi connectivity index (χ0n) is 25.4. The van der Waals surface area contributed by atoms with Crippen molar-refractivity contribution in [2.75, 3.05) is 30.5 Å². The molecule has 1 aliphatic heterocycles. The molecule has 0 bridgehead atoms. The maximum atomic E-state index is 13.6. The summed E-state index contributed by atoms with van der Waals surface area (Å²) in [7, 11) is 1.48. The van der Waals surface area contributed by atoms with Crippen LogP contribution in [0.25, 0.3) is 11.3 Å². The van der Waals surface area contributed by atoms with Gasteiger partial charge in [0.2, 0.25) is 11.8 Å². The van der Waals surface area contributed by atoms with Crippen LogP contribution in [0.4, 0.5) is 29.7 Å². The van der Waals surface area contributed by atoms with Crippen molar-refractivity contribution in [3.8, 4) is 23.1 Å². The van der Waals surface area contributed by atoms with Crippen LogP contribution in [-0.2, 0) is 17.5 Å². The fourth-order valence-corrected chi connectivity index (χ4v) is 5.29. The van der Waals surface area contributed by atoms with Gasteiger partial charge in [-0.3, -0.25) is 9.88 Å². The monoisotopic (exact) mass is 651 g/mol. The SMILES string of the molecule is COc1ncc(-c2cnc(N(C(=O)NCc3ccccc3)[C@H]3CC[C@H](Nc4ncc(C(F)(F)F)c(OC5COC5)n4)CC3)cn2)cn1. The Labute approximate surface area is 268 Å². The molecule has 2 N–H and O–H groups in total. The summed E-state index contributed by atoms with van der Waals surface area (Å²) < 4.78 is 56.1. The van der Waals surface area contributed by atoms with Crippen LogP contribution in [0.1, 0.15) is 36.8 Å². The molecule has 2 fully saturated rings. The summed E-state index contributed by atoms with van der Waals surface area (Å²) in [6, 6.07) is 9.09. The molecule has 0 radical (unpaired) electrons. The lowest BCUT2D eigenvalue weighted by atomic mass is 9.90. The molecule has 6 rings (SSSR count). The van der Waals surface area contributed by atoms with Crippen molar-refractivity contribution in [1.29, 1.82) is 0 Å². The number of nitrogens with zero attached hydrogens (tertiary/aromatic N) is 7. The van der Waals surface area contributed by atoms with Crippen molar-refractivity contribution < 1.29 is 32.2 Å². The van der Waals surface area contributed by atoms with E-state index in [2.05, 4.69) is 40.5 Å². The number of hydrogen-bond acceptors (Lipinski definition) is 11. The van der Waals surface area contributed by atoms with Gasteiger partial charge in [-0.25, -0.2) is 24.7 Å². The number of aromatic nitrogens is 6. The number of halogens is 3. The topological polar surface area (TPSA) is 149 Å². The maximum absolute atomic E-state index is 13.6. The Balaban J connectivity index is 1.15. The highest BCUT2D eigenvalue weighted by Gasteiger charge is 2.38. The number of alkyl halides is 3. The molecule has 1 aromatic carbocycles. The fourth-order valence-electron chi connectivity index (χ4n) is 5.29. The average Bonchev–Trinajstić information content (AvgIpc) is 3.07. The second-order valence-corrected chi connectivity index (χ2v) is 11.1. The minimum absolute atomic E-state index is 0.0399. The first-order valence-electron chi connectivity index (χ1n) is 15.0. The van der Waals surface area contributed by atoms with Crippen molar-refractivity contribution in [3.05, 3.63) is 72.4 Å². The van der Waals surface area contributed by atoms with Crippen LogP contribution in [0.5, 0.6) is 11.9 Å². The molecule has 2 aliphatic rings. The largest absolute Gasteiger partial charge is 0.469 e. The lowest BCUT2D eigenvalue weighted by Gasteiger charge is -2.36. The third-order valence-electron chi connectivity index (χ3n) is 7.84. The van der Waals surface area contributed by atoms with E-state index in [9.17, 15) is 18.0 Å². The normalized spacial score (nSPS) is 18.1. The molecule has 16 heteroatoms. The number of amides is 2. The predicted octanol–water partition coefficient (Wildman–Crippen LogP) is 4.67. The van der Waals surface area contributed by atoms with Crippen LogP contribution < -0.4 is 25.0 Å². The molecule has 0 unspecified atom stereocenters. The van der Waals surface area contributed by atoms with Crippen LogP contribution in [0.3, 0.4) is 0 Å². The minimum atomic E-state index is -4.66. The third kappa shape index (κ3) is 7.82. The molecule has 1 saturated heterocycles. The van der Waals surface area contributed by atoms with E-state index in [-0.39, 0.29) is 43.3 Å². The lowest BCUT2D eigenvalue weighted by Crippen LogP contribution is -2.49. The molecule has 0 spiro atoms. The number of anilines is 2. The molecule has 4 heterocycles. The number of carbonyl (C=O) groups is 1. The number of hydrogen-bond donors (Lipinski definition) is 2. The number of rotatable bonds is 10. The smallest absolute Gasteiger partial charge is 0.423 e. The minimum Gasteiger partial charge on any atom is -0.469 e. The average molecular weight is 652 g/mol. The second-order valence-electron chi connectivity index (χ2n) is 11.1. The molecular formula is C31H32F3N9O4. The van der Waals surface area contributed by atoms with Gasteiger partial charge in [-0.1, -0.05) is 30.3 Å². The van der Waals surface area contributed by atoms with Gasteiger partial charge in [0, 0.05) is 42.8 Å². The molecule has 0 atom stereocenters. The van der Waals surface area contributed by atoms with Crippen molar-refractivity contribution in [2.45, 2.75) is 56.6 Å². The Morgan fingerprint density at radius 2 is 1.70 bits per heavy atom. The molecule has 13 nitrogen and oxygen atoms in total. The standard InChI is InChI=1S/C31H32F3N9O4/c1-45-29-38-12-20(13-39-29)25-15-36-26(16-35-25)43(30(44)40-11-19-5-3-2-4-6-19)22-9-7-21(8-10-22)41-28-37-14-24(31(32,33)34)27(42-28)47-23-17-46-18-23/h2-6,12-16,21-23H,7-11,17-18H2,1H3,(H,40,44)(H,37,41,42)/t21-,22-. The maximum Gasteiger partial charge on any atom is 0.423 e. The van der Waals surface area contributed by atoms with Gasteiger partial charge in [0.25, 0.3) is 0 Å². The molecule has 47 heavy (non-hydrogen) atoms. The summed E-state index contributed by atoms with van der Waals surface area (Å²) in [5.74, 6) is -0.113. The van der Waals surface area contributed by atoms with Crippen molar-refractivity contribution in [2.24, 2.45) is 0 Å². The molecule has 1 saturated carbocycles. The fraction of sp³-hybridized carbons (Fsp3) is 0.387. The Kier molecular flexibility index (Phi) is 9.56. The quantitative estimate of drug-likeness (QED) is 0.246. The number of nitrogens with one attached hydrogen (secondary N) is 2. The van der Waals surface area contributed by atoms with E-state index in [1.54, 1.807) is 23.5 Å². The predicted molar refractivity (Wildman–Crippen MR) is 163 cm³/mol. The zero-order chi connectivity index (χ0) is 32.8. The third-order valence-corrected chi connectivity index (χ3v) is 7.84. The number of carbonyl (C=O) groups excluding carboxylic acids is 1. The Morgan fingerprint density at radius 1 is 0.957 bits per heavy atom. The van der Waals surface area contributed by atoms with Gasteiger partial charge < -0.3 is 24.8 Å². The van der Waals surface area contributed by atoms with Crippen LogP contribution >= 0.6 is 0 Å². The lowest BCUT2D eigenvalue weighted by molar-refractivity contribution is -0.142. The first kappa shape index (κ1) is 31.8. The van der Waals surface area contributed by atoms with E-state index in [1.807, 2.05) is 30.3 Å². The highest BCUT2D eigenvalue weighted by atomic mass is 19.4. The van der Waals surface area contributed by atoms with Crippen LogP contribution in [0, 0.1) is 0 Å². The van der Waals surface area contributed by atoms with Gasteiger partial charge in [0.15, 0.2) is 5.82 Å². The van der Waals surface area contributed by atoms with Crippen molar-refractivity contribution in [1.82, 2.24) is 35.2 Å². The van der Waals surface area contributed by atoms with Gasteiger partial charge >= 0.3 is 18.2 Å². The van der Waals surface area contributed by atoms with Gasteiger partial charge in [-0.05, 0) is 31.2 Å². The Morgan fingerprint density at radius 3 is 2.32 bits per heavy atom.